The van der Waals surface area contributed by atoms with Crippen molar-refractivity contribution >= 4 is 5.78 Å². The zero-order valence-electron chi connectivity index (χ0n) is 11.6. The minimum absolute atomic E-state index is 0.129. The molecule has 0 amide bonds. The molecule has 0 spiro atoms. The summed E-state index contributed by atoms with van der Waals surface area (Å²) in [5.41, 5.74) is 0.203. The number of rotatable bonds is 4. The number of carbonyl (C=O) groups is 1. The Morgan fingerprint density at radius 2 is 1.84 bits per heavy atom. The zero-order valence-corrected chi connectivity index (χ0v) is 11.6. The maximum absolute atomic E-state index is 13.5. The Hall–Kier alpha value is -1.26. The third-order valence-corrected chi connectivity index (χ3v) is 3.68. The van der Waals surface area contributed by atoms with Gasteiger partial charge in [0.15, 0.2) is 5.78 Å². The summed E-state index contributed by atoms with van der Waals surface area (Å²) in [5.74, 6) is -0.551. The van der Waals surface area contributed by atoms with E-state index in [0.29, 0.717) is 12.6 Å². The van der Waals surface area contributed by atoms with Crippen molar-refractivity contribution in [3.8, 4) is 0 Å². The second-order valence-electron chi connectivity index (χ2n) is 5.31. The van der Waals surface area contributed by atoms with Gasteiger partial charge in [0.25, 0.3) is 0 Å². The van der Waals surface area contributed by atoms with Crippen molar-refractivity contribution in [2.24, 2.45) is 0 Å². The summed E-state index contributed by atoms with van der Waals surface area (Å²) in [6.07, 6.45) is 0. The Morgan fingerprint density at radius 3 is 2.42 bits per heavy atom. The first kappa shape index (κ1) is 14.2. The van der Waals surface area contributed by atoms with Crippen LogP contribution >= 0.6 is 0 Å². The number of hydrogen-bond acceptors (Lipinski definition) is 3. The van der Waals surface area contributed by atoms with Crippen LogP contribution in [-0.2, 0) is 0 Å². The molecule has 0 N–H and O–H groups in total. The SMILES string of the molecule is CC(C)N1CCN(CC(=O)c2ccccc2F)CC1. The lowest BCUT2D eigenvalue weighted by Crippen LogP contribution is -2.50. The standard InChI is InChI=1S/C15H21FN2O/c1-12(2)18-9-7-17(8-10-18)11-15(19)13-5-3-4-6-14(13)16/h3-6,12H,7-11H2,1-2H3. The summed E-state index contributed by atoms with van der Waals surface area (Å²) in [6, 6.07) is 6.75. The van der Waals surface area contributed by atoms with Crippen molar-refractivity contribution in [1.29, 1.82) is 0 Å². The fraction of sp³-hybridized carbons (Fsp3) is 0.533. The lowest BCUT2D eigenvalue weighted by Gasteiger charge is -2.36. The summed E-state index contributed by atoms with van der Waals surface area (Å²) in [4.78, 5) is 16.6. The number of halogens is 1. The Balaban J connectivity index is 1.89. The summed E-state index contributed by atoms with van der Waals surface area (Å²) in [5, 5.41) is 0. The largest absolute Gasteiger partial charge is 0.298 e. The molecule has 4 heteroatoms. The number of benzene rings is 1. The van der Waals surface area contributed by atoms with Gasteiger partial charge >= 0.3 is 0 Å². The molecule has 0 aromatic heterocycles. The van der Waals surface area contributed by atoms with Crippen LogP contribution in [0, 0.1) is 5.82 Å². The maximum Gasteiger partial charge on any atom is 0.179 e. The maximum atomic E-state index is 13.5. The molecule has 1 aromatic rings. The lowest BCUT2D eigenvalue weighted by molar-refractivity contribution is 0.0804. The molecule has 19 heavy (non-hydrogen) atoms. The molecule has 3 nitrogen and oxygen atoms in total. The van der Waals surface area contributed by atoms with Crippen LogP contribution in [-0.4, -0.2) is 54.3 Å². The van der Waals surface area contributed by atoms with Gasteiger partial charge in [-0.1, -0.05) is 12.1 Å². The van der Waals surface area contributed by atoms with Crippen LogP contribution in [0.5, 0.6) is 0 Å². The molecule has 1 aromatic carbocycles. The van der Waals surface area contributed by atoms with E-state index in [4.69, 9.17) is 0 Å². The van der Waals surface area contributed by atoms with Crippen LogP contribution in [0.25, 0.3) is 0 Å². The highest BCUT2D eigenvalue weighted by molar-refractivity contribution is 5.97. The summed E-state index contributed by atoms with van der Waals surface area (Å²) in [7, 11) is 0. The van der Waals surface area contributed by atoms with Gasteiger partial charge in [-0.2, -0.15) is 0 Å². The van der Waals surface area contributed by atoms with Crippen LogP contribution in [0.4, 0.5) is 4.39 Å². The molecule has 104 valence electrons. The molecule has 1 saturated heterocycles. The fourth-order valence-electron chi connectivity index (χ4n) is 2.41. The highest BCUT2D eigenvalue weighted by atomic mass is 19.1. The number of Topliss-reactive ketones (excluding diaryl/α,β-unsaturated/α-hetero) is 1. The van der Waals surface area contributed by atoms with E-state index in [1.54, 1.807) is 18.2 Å². The summed E-state index contributed by atoms with van der Waals surface area (Å²) in [6.45, 7) is 8.37. The van der Waals surface area contributed by atoms with Gasteiger partial charge in [-0.25, -0.2) is 4.39 Å². The van der Waals surface area contributed by atoms with Gasteiger partial charge in [0.05, 0.1) is 12.1 Å². The van der Waals surface area contributed by atoms with Gasteiger partial charge in [-0.3, -0.25) is 14.6 Å². The average molecular weight is 264 g/mol. The van der Waals surface area contributed by atoms with E-state index in [2.05, 4.69) is 23.6 Å². The minimum atomic E-state index is -0.423. The quantitative estimate of drug-likeness (QED) is 0.778. The summed E-state index contributed by atoms with van der Waals surface area (Å²) < 4.78 is 13.5. The molecular formula is C15H21FN2O. The molecule has 2 rings (SSSR count). The van der Waals surface area contributed by atoms with Crippen LogP contribution in [0.15, 0.2) is 24.3 Å². The summed E-state index contributed by atoms with van der Waals surface area (Å²) >= 11 is 0. The van der Waals surface area contributed by atoms with Gasteiger partial charge in [0.2, 0.25) is 0 Å². The topological polar surface area (TPSA) is 23.6 Å². The van der Waals surface area contributed by atoms with Crippen LogP contribution in [0.3, 0.4) is 0 Å². The fourth-order valence-corrected chi connectivity index (χ4v) is 2.41. The Labute approximate surface area is 114 Å². The van der Waals surface area contributed by atoms with Crippen molar-refractivity contribution in [2.75, 3.05) is 32.7 Å². The van der Waals surface area contributed by atoms with Crippen LogP contribution in [0.2, 0.25) is 0 Å². The first-order valence-corrected chi connectivity index (χ1v) is 6.82. The van der Waals surface area contributed by atoms with Crippen LogP contribution < -0.4 is 0 Å². The second-order valence-corrected chi connectivity index (χ2v) is 5.31. The van der Waals surface area contributed by atoms with Crippen molar-refractivity contribution in [3.05, 3.63) is 35.6 Å². The molecule has 0 atom stereocenters. The van der Waals surface area contributed by atoms with Crippen molar-refractivity contribution < 1.29 is 9.18 Å². The third kappa shape index (κ3) is 3.61. The second kappa shape index (κ2) is 6.26. The van der Waals surface area contributed by atoms with Crippen molar-refractivity contribution in [1.82, 2.24) is 9.80 Å². The predicted molar refractivity (Wildman–Crippen MR) is 73.9 cm³/mol. The van der Waals surface area contributed by atoms with Gasteiger partial charge in [0, 0.05) is 32.2 Å². The molecule has 0 radical (unpaired) electrons. The molecule has 0 saturated carbocycles. The molecule has 0 unspecified atom stereocenters. The predicted octanol–water partition coefficient (Wildman–Crippen LogP) is 2.03. The lowest BCUT2D eigenvalue weighted by atomic mass is 10.1. The number of ketones is 1. The van der Waals surface area contributed by atoms with Gasteiger partial charge < -0.3 is 0 Å². The smallest absolute Gasteiger partial charge is 0.179 e. The Kier molecular flexibility index (Phi) is 4.66. The highest BCUT2D eigenvalue weighted by Gasteiger charge is 2.21. The number of nitrogens with zero attached hydrogens (tertiary/aromatic N) is 2. The number of carbonyl (C=O) groups excluding carboxylic acids is 1. The Bertz CT molecular complexity index is 440. The number of hydrogen-bond donors (Lipinski definition) is 0. The van der Waals surface area contributed by atoms with E-state index in [0.717, 1.165) is 26.2 Å². The average Bonchev–Trinajstić information content (AvgIpc) is 2.39. The molecular weight excluding hydrogens is 243 g/mol. The zero-order chi connectivity index (χ0) is 13.8. The molecule has 0 bridgehead atoms. The minimum Gasteiger partial charge on any atom is -0.298 e. The van der Waals surface area contributed by atoms with Gasteiger partial charge in [-0.05, 0) is 26.0 Å². The van der Waals surface area contributed by atoms with Crippen LogP contribution in [0.1, 0.15) is 24.2 Å². The first-order chi connectivity index (χ1) is 9.08. The van der Waals surface area contributed by atoms with E-state index in [9.17, 15) is 9.18 Å². The molecule has 1 heterocycles. The van der Waals surface area contributed by atoms with Crippen molar-refractivity contribution in [2.45, 2.75) is 19.9 Å². The van der Waals surface area contributed by atoms with E-state index >= 15 is 0 Å². The third-order valence-electron chi connectivity index (χ3n) is 3.68. The van der Waals surface area contributed by atoms with E-state index in [1.165, 1.54) is 6.07 Å². The molecule has 1 fully saturated rings. The van der Waals surface area contributed by atoms with E-state index in [1.807, 2.05) is 0 Å². The van der Waals surface area contributed by atoms with Gasteiger partial charge in [-0.15, -0.1) is 0 Å². The monoisotopic (exact) mass is 264 g/mol. The van der Waals surface area contributed by atoms with Crippen molar-refractivity contribution in [3.63, 3.8) is 0 Å². The molecule has 0 aliphatic carbocycles. The normalized spacial score (nSPS) is 17.9. The van der Waals surface area contributed by atoms with E-state index in [-0.39, 0.29) is 11.3 Å². The molecule has 1 aliphatic heterocycles. The Morgan fingerprint density at radius 1 is 1.21 bits per heavy atom. The van der Waals surface area contributed by atoms with Gasteiger partial charge in [0.1, 0.15) is 5.82 Å². The van der Waals surface area contributed by atoms with E-state index < -0.39 is 5.82 Å². The molecule has 1 aliphatic rings. The number of piperazine rings is 1. The highest BCUT2D eigenvalue weighted by Crippen LogP contribution is 2.10. The first-order valence-electron chi connectivity index (χ1n) is 6.82.